The predicted molar refractivity (Wildman–Crippen MR) is 259 cm³/mol. The van der Waals surface area contributed by atoms with Crippen molar-refractivity contribution in [2.75, 3.05) is 4.90 Å². The van der Waals surface area contributed by atoms with Crippen molar-refractivity contribution in [3.05, 3.63) is 261 Å². The first-order chi connectivity index (χ1) is 30.3. The second-order valence-electron chi connectivity index (χ2n) is 15.3. The van der Waals surface area contributed by atoms with E-state index in [2.05, 4.69) is 266 Å². The van der Waals surface area contributed by atoms with Crippen molar-refractivity contribution in [2.24, 2.45) is 0 Å². The smallest absolute Gasteiger partial charge is 0.0540 e. The highest BCUT2D eigenvalue weighted by atomic mass is 15.1. The molecule has 0 saturated carbocycles. The zero-order chi connectivity index (χ0) is 40.8. The van der Waals surface area contributed by atoms with Crippen molar-refractivity contribution in [1.29, 1.82) is 0 Å². The van der Waals surface area contributed by atoms with E-state index in [1.165, 1.54) is 50.1 Å². The molecule has 0 amide bonds. The maximum Gasteiger partial charge on any atom is 0.0540 e. The molecule has 10 rings (SSSR count). The van der Waals surface area contributed by atoms with Crippen LogP contribution in [0.1, 0.15) is 0 Å². The van der Waals surface area contributed by atoms with Gasteiger partial charge in [-0.25, -0.2) is 0 Å². The quantitative estimate of drug-likeness (QED) is 0.134. The second-order valence-corrected chi connectivity index (χ2v) is 15.3. The van der Waals surface area contributed by atoms with Gasteiger partial charge in [-0.05, 0) is 115 Å². The Morgan fingerprint density at radius 3 is 1.07 bits per heavy atom. The summed E-state index contributed by atoms with van der Waals surface area (Å²) in [4.78, 5) is 2.44. The van der Waals surface area contributed by atoms with Crippen LogP contribution in [0.2, 0.25) is 0 Å². The molecule has 288 valence electrons. The summed E-state index contributed by atoms with van der Waals surface area (Å²) < 4.78 is 0. The highest BCUT2D eigenvalue weighted by molar-refractivity contribution is 5.98. The zero-order valence-corrected chi connectivity index (χ0v) is 33.8. The average Bonchev–Trinajstić information content (AvgIpc) is 3.35. The maximum atomic E-state index is 2.44. The molecule has 1 heteroatoms. The summed E-state index contributed by atoms with van der Waals surface area (Å²) in [5.41, 5.74) is 19.7. The molecule has 0 spiro atoms. The van der Waals surface area contributed by atoms with Crippen LogP contribution in [0.25, 0.3) is 77.9 Å². The number of rotatable bonds is 10. The third-order valence-corrected chi connectivity index (χ3v) is 11.5. The van der Waals surface area contributed by atoms with Crippen molar-refractivity contribution >= 4 is 17.1 Å². The van der Waals surface area contributed by atoms with E-state index in [9.17, 15) is 0 Å². The van der Waals surface area contributed by atoms with Gasteiger partial charge in [0.2, 0.25) is 0 Å². The zero-order valence-electron chi connectivity index (χ0n) is 33.8. The minimum atomic E-state index is 1.07. The van der Waals surface area contributed by atoms with Crippen LogP contribution in [0.4, 0.5) is 17.1 Å². The van der Waals surface area contributed by atoms with Crippen molar-refractivity contribution in [1.82, 2.24) is 0 Å². The van der Waals surface area contributed by atoms with E-state index in [-0.39, 0.29) is 0 Å². The van der Waals surface area contributed by atoms with Crippen molar-refractivity contribution in [2.45, 2.75) is 0 Å². The van der Waals surface area contributed by atoms with Crippen molar-refractivity contribution in [3.8, 4) is 77.9 Å². The van der Waals surface area contributed by atoms with Crippen molar-refractivity contribution < 1.29 is 0 Å². The van der Waals surface area contributed by atoms with Crippen LogP contribution in [0.3, 0.4) is 0 Å². The third-order valence-electron chi connectivity index (χ3n) is 11.5. The Labute approximate surface area is 359 Å². The van der Waals surface area contributed by atoms with Gasteiger partial charge in [-0.3, -0.25) is 0 Å². The summed E-state index contributed by atoms with van der Waals surface area (Å²) in [6.07, 6.45) is 0. The monoisotopic (exact) mass is 777 g/mol. The fraction of sp³-hybridized carbons (Fsp3) is 0. The fourth-order valence-corrected chi connectivity index (χ4v) is 8.51. The van der Waals surface area contributed by atoms with Gasteiger partial charge >= 0.3 is 0 Å². The van der Waals surface area contributed by atoms with Crippen LogP contribution in [0.15, 0.2) is 261 Å². The molecule has 0 N–H and O–H groups in total. The minimum absolute atomic E-state index is 1.07. The normalized spacial score (nSPS) is 11.0. The Hall–Kier alpha value is -8.00. The van der Waals surface area contributed by atoms with Gasteiger partial charge in [-0.15, -0.1) is 0 Å². The first-order valence-corrected chi connectivity index (χ1v) is 20.9. The summed E-state index contributed by atoms with van der Waals surface area (Å²) in [5.74, 6) is 0. The van der Waals surface area contributed by atoms with Gasteiger partial charge in [-0.2, -0.15) is 0 Å². The lowest BCUT2D eigenvalue weighted by molar-refractivity contribution is 1.28. The highest BCUT2D eigenvalue weighted by Gasteiger charge is 2.22. The van der Waals surface area contributed by atoms with Gasteiger partial charge < -0.3 is 4.90 Å². The first kappa shape index (κ1) is 37.3. The van der Waals surface area contributed by atoms with Crippen LogP contribution in [-0.2, 0) is 0 Å². The molecule has 0 bridgehead atoms. The second kappa shape index (κ2) is 17.1. The average molecular weight is 778 g/mol. The fourth-order valence-electron chi connectivity index (χ4n) is 8.51. The van der Waals surface area contributed by atoms with Crippen LogP contribution in [0, 0.1) is 0 Å². The molecule has 0 heterocycles. The van der Waals surface area contributed by atoms with Gasteiger partial charge in [0.15, 0.2) is 0 Å². The molecule has 0 aliphatic heterocycles. The van der Waals surface area contributed by atoms with Gasteiger partial charge in [0.1, 0.15) is 0 Å². The molecule has 0 atom stereocenters. The minimum Gasteiger partial charge on any atom is -0.310 e. The molecule has 0 aromatic heterocycles. The topological polar surface area (TPSA) is 3.24 Å². The summed E-state index contributed by atoms with van der Waals surface area (Å²) >= 11 is 0. The largest absolute Gasteiger partial charge is 0.310 e. The van der Waals surface area contributed by atoms with Gasteiger partial charge in [0, 0.05) is 16.9 Å². The van der Waals surface area contributed by atoms with E-state index in [0.717, 1.165) is 44.9 Å². The van der Waals surface area contributed by atoms with Gasteiger partial charge in [0.25, 0.3) is 0 Å². The molecular weight excluding hydrogens is 735 g/mol. The summed E-state index contributed by atoms with van der Waals surface area (Å²) in [6.45, 7) is 0. The lowest BCUT2D eigenvalue weighted by Gasteiger charge is -2.30. The summed E-state index contributed by atoms with van der Waals surface area (Å²) in [6, 6.07) is 94.2. The lowest BCUT2D eigenvalue weighted by Crippen LogP contribution is -2.12. The molecule has 0 radical (unpaired) electrons. The molecule has 0 fully saturated rings. The van der Waals surface area contributed by atoms with E-state index >= 15 is 0 Å². The Bertz CT molecular complexity index is 2960. The Balaban J connectivity index is 1.22. The number of hydrogen-bond acceptors (Lipinski definition) is 1. The van der Waals surface area contributed by atoms with Crippen molar-refractivity contribution in [3.63, 3.8) is 0 Å². The first-order valence-electron chi connectivity index (χ1n) is 20.9. The Morgan fingerprint density at radius 1 is 0.197 bits per heavy atom. The molecule has 0 aliphatic rings. The standard InChI is InChI=1S/C60H43N/c1-7-20-44(21-8-1)47-34-37-54(38-35-47)61(55-41-52(45-22-9-2-10-23-45)40-53(42-55)46-24-11-3-12-25-46)59-39-36-51(43-58(59)49-28-15-5-16-29-49)57-33-19-32-56(48-26-13-4-14-27-48)60(57)50-30-17-6-18-31-50/h1-43H. The molecule has 1 nitrogen and oxygen atoms in total. The van der Waals surface area contributed by atoms with E-state index in [4.69, 9.17) is 0 Å². The third kappa shape index (κ3) is 7.81. The Morgan fingerprint density at radius 2 is 0.574 bits per heavy atom. The summed E-state index contributed by atoms with van der Waals surface area (Å²) in [7, 11) is 0. The van der Waals surface area contributed by atoms with Crippen LogP contribution in [0.5, 0.6) is 0 Å². The number of hydrogen-bond donors (Lipinski definition) is 0. The molecule has 61 heavy (non-hydrogen) atoms. The van der Waals surface area contributed by atoms with Crippen LogP contribution in [-0.4, -0.2) is 0 Å². The molecule has 0 unspecified atom stereocenters. The molecule has 10 aromatic rings. The van der Waals surface area contributed by atoms with Gasteiger partial charge in [-0.1, -0.05) is 218 Å². The number of anilines is 3. The molecule has 0 aliphatic carbocycles. The van der Waals surface area contributed by atoms with Crippen LogP contribution >= 0.6 is 0 Å². The van der Waals surface area contributed by atoms with E-state index in [1.807, 2.05) is 0 Å². The van der Waals surface area contributed by atoms with Gasteiger partial charge in [0.05, 0.1) is 5.69 Å². The molecule has 0 saturated heterocycles. The highest BCUT2D eigenvalue weighted by Crippen LogP contribution is 2.47. The van der Waals surface area contributed by atoms with E-state index < -0.39 is 0 Å². The number of nitrogens with zero attached hydrogens (tertiary/aromatic N) is 1. The lowest BCUT2D eigenvalue weighted by atomic mass is 9.86. The predicted octanol–water partition coefficient (Wildman–Crippen LogP) is 16.8. The summed E-state index contributed by atoms with van der Waals surface area (Å²) in [5, 5.41) is 0. The SMILES string of the molecule is c1ccc(-c2ccc(N(c3cc(-c4ccccc4)cc(-c4ccccc4)c3)c3ccc(-c4cccc(-c5ccccc5)c4-c4ccccc4)cc3-c3ccccc3)cc2)cc1. The number of benzene rings is 10. The molecular formula is C60H43N. The van der Waals surface area contributed by atoms with E-state index in [1.54, 1.807) is 0 Å². The van der Waals surface area contributed by atoms with Crippen LogP contribution < -0.4 is 4.90 Å². The molecule has 10 aromatic carbocycles. The van der Waals surface area contributed by atoms with E-state index in [0.29, 0.717) is 0 Å². The maximum absolute atomic E-state index is 2.44. The Kier molecular flexibility index (Phi) is 10.4.